The minimum absolute atomic E-state index is 0.0264. The first-order chi connectivity index (χ1) is 8.00. The maximum atomic E-state index is 10.7. The van der Waals surface area contributed by atoms with Crippen molar-refractivity contribution in [1.82, 2.24) is 5.32 Å². The first-order valence-corrected chi connectivity index (χ1v) is 5.69. The zero-order valence-electron chi connectivity index (χ0n) is 10.0. The monoisotopic (exact) mass is 239 g/mol. The summed E-state index contributed by atoms with van der Waals surface area (Å²) in [7, 11) is 0. The fraction of sp³-hybridized carbons (Fsp3) is 0.583. The van der Waals surface area contributed by atoms with Crippen molar-refractivity contribution >= 4 is 5.97 Å². The molecule has 0 saturated carbocycles. The van der Waals surface area contributed by atoms with Crippen LogP contribution in [0.1, 0.15) is 42.6 Å². The average molecular weight is 239 g/mol. The van der Waals surface area contributed by atoms with Gasteiger partial charge in [0.05, 0.1) is 12.6 Å². The van der Waals surface area contributed by atoms with Gasteiger partial charge in [0.15, 0.2) is 0 Å². The lowest BCUT2D eigenvalue weighted by Crippen LogP contribution is -2.44. The van der Waals surface area contributed by atoms with Gasteiger partial charge in [-0.05, 0) is 32.4 Å². The molecule has 1 aromatic heterocycles. The molecule has 2 atom stereocenters. The Bertz CT molecular complexity index is 406. The first kappa shape index (κ1) is 12.1. The quantitative estimate of drug-likeness (QED) is 0.838. The standard InChI is InChI=1S/C12H17NO4/c1-8(13-12(2)5-6-16-7-12)9-3-4-10(17-9)11(14)15/h3-4,8,13H,5-7H2,1-2H3,(H,14,15). The molecule has 0 aromatic carbocycles. The van der Waals surface area contributed by atoms with E-state index in [1.807, 2.05) is 6.92 Å². The van der Waals surface area contributed by atoms with Crippen LogP contribution in [-0.2, 0) is 4.74 Å². The van der Waals surface area contributed by atoms with Crippen LogP contribution in [0.4, 0.5) is 0 Å². The summed E-state index contributed by atoms with van der Waals surface area (Å²) in [5.74, 6) is -0.434. The molecule has 0 aliphatic carbocycles. The van der Waals surface area contributed by atoms with Crippen LogP contribution >= 0.6 is 0 Å². The molecule has 2 N–H and O–H groups in total. The molecule has 5 nitrogen and oxygen atoms in total. The molecular weight excluding hydrogens is 222 g/mol. The summed E-state index contributed by atoms with van der Waals surface area (Å²) in [6.07, 6.45) is 0.948. The molecule has 1 aromatic rings. The highest BCUT2D eigenvalue weighted by Crippen LogP contribution is 2.24. The number of rotatable bonds is 4. The third-order valence-corrected chi connectivity index (χ3v) is 3.05. The second-order valence-corrected chi connectivity index (χ2v) is 4.74. The van der Waals surface area contributed by atoms with Gasteiger partial charge in [-0.1, -0.05) is 0 Å². The van der Waals surface area contributed by atoms with E-state index in [0.29, 0.717) is 12.4 Å². The Balaban J connectivity index is 2.03. The first-order valence-electron chi connectivity index (χ1n) is 5.69. The van der Waals surface area contributed by atoms with Gasteiger partial charge in [-0.3, -0.25) is 5.32 Å². The van der Waals surface area contributed by atoms with Gasteiger partial charge in [-0.25, -0.2) is 4.79 Å². The van der Waals surface area contributed by atoms with Crippen molar-refractivity contribution < 1.29 is 19.1 Å². The van der Waals surface area contributed by atoms with Gasteiger partial charge in [0.25, 0.3) is 0 Å². The minimum atomic E-state index is -1.04. The van der Waals surface area contributed by atoms with Gasteiger partial charge in [0.2, 0.25) is 5.76 Å². The molecule has 94 valence electrons. The molecule has 1 fully saturated rings. The topological polar surface area (TPSA) is 71.7 Å². The Morgan fingerprint density at radius 1 is 1.59 bits per heavy atom. The smallest absolute Gasteiger partial charge is 0.371 e. The third-order valence-electron chi connectivity index (χ3n) is 3.05. The number of hydrogen-bond donors (Lipinski definition) is 2. The van der Waals surface area contributed by atoms with Crippen molar-refractivity contribution in [3.8, 4) is 0 Å². The molecule has 1 saturated heterocycles. The van der Waals surface area contributed by atoms with Gasteiger partial charge in [0, 0.05) is 12.1 Å². The van der Waals surface area contributed by atoms with Gasteiger partial charge >= 0.3 is 5.97 Å². The Labute approximate surface area is 99.8 Å². The van der Waals surface area contributed by atoms with E-state index in [9.17, 15) is 4.79 Å². The Hall–Kier alpha value is -1.33. The fourth-order valence-electron chi connectivity index (χ4n) is 2.08. The van der Waals surface area contributed by atoms with E-state index in [4.69, 9.17) is 14.3 Å². The number of carboxylic acids is 1. The van der Waals surface area contributed by atoms with E-state index in [2.05, 4.69) is 12.2 Å². The van der Waals surface area contributed by atoms with Gasteiger partial charge < -0.3 is 14.3 Å². The molecule has 0 spiro atoms. The van der Waals surface area contributed by atoms with Crippen LogP contribution in [0.15, 0.2) is 16.5 Å². The van der Waals surface area contributed by atoms with Gasteiger partial charge in [-0.2, -0.15) is 0 Å². The highest BCUT2D eigenvalue weighted by molar-refractivity contribution is 5.84. The Morgan fingerprint density at radius 2 is 2.35 bits per heavy atom. The molecule has 17 heavy (non-hydrogen) atoms. The Morgan fingerprint density at radius 3 is 2.88 bits per heavy atom. The Kier molecular flexibility index (Phi) is 3.22. The average Bonchev–Trinajstić information content (AvgIpc) is 2.86. The fourth-order valence-corrected chi connectivity index (χ4v) is 2.08. The number of carbonyl (C=O) groups is 1. The molecule has 2 unspecified atom stereocenters. The summed E-state index contributed by atoms with van der Waals surface area (Å²) in [6.45, 7) is 5.48. The van der Waals surface area contributed by atoms with Crippen molar-refractivity contribution in [2.75, 3.05) is 13.2 Å². The second kappa shape index (κ2) is 4.50. The zero-order valence-corrected chi connectivity index (χ0v) is 10.0. The maximum Gasteiger partial charge on any atom is 0.371 e. The number of furan rings is 1. The molecule has 1 aliphatic rings. The van der Waals surface area contributed by atoms with Crippen molar-refractivity contribution in [3.05, 3.63) is 23.7 Å². The molecule has 2 rings (SSSR count). The van der Waals surface area contributed by atoms with Crippen molar-refractivity contribution in [2.24, 2.45) is 0 Å². The summed E-state index contributed by atoms with van der Waals surface area (Å²) in [4.78, 5) is 10.7. The molecular formula is C12H17NO4. The zero-order chi connectivity index (χ0) is 12.5. The number of aromatic carboxylic acids is 1. The lowest BCUT2D eigenvalue weighted by atomic mass is 10.00. The summed E-state index contributed by atoms with van der Waals surface area (Å²) < 4.78 is 10.6. The number of nitrogens with one attached hydrogen (secondary N) is 1. The van der Waals surface area contributed by atoms with Crippen LogP contribution in [0.25, 0.3) is 0 Å². The van der Waals surface area contributed by atoms with Crippen LogP contribution in [0.5, 0.6) is 0 Å². The molecule has 0 bridgehead atoms. The predicted molar refractivity (Wildman–Crippen MR) is 61.1 cm³/mol. The minimum Gasteiger partial charge on any atom is -0.475 e. The molecule has 0 amide bonds. The van der Waals surface area contributed by atoms with Crippen molar-refractivity contribution in [3.63, 3.8) is 0 Å². The SMILES string of the molecule is CC(NC1(C)CCOC1)c1ccc(C(=O)O)o1. The van der Waals surface area contributed by atoms with E-state index in [0.717, 1.165) is 13.0 Å². The highest BCUT2D eigenvalue weighted by Gasteiger charge is 2.31. The van der Waals surface area contributed by atoms with Crippen LogP contribution in [0.3, 0.4) is 0 Å². The highest BCUT2D eigenvalue weighted by atomic mass is 16.5. The van der Waals surface area contributed by atoms with Crippen LogP contribution in [0, 0.1) is 0 Å². The molecule has 5 heteroatoms. The molecule has 0 radical (unpaired) electrons. The van der Waals surface area contributed by atoms with Gasteiger partial charge in [-0.15, -0.1) is 0 Å². The summed E-state index contributed by atoms with van der Waals surface area (Å²) >= 11 is 0. The number of hydrogen-bond acceptors (Lipinski definition) is 4. The predicted octanol–water partition coefficient (Wildman–Crippen LogP) is 1.81. The van der Waals surface area contributed by atoms with Crippen molar-refractivity contribution in [1.29, 1.82) is 0 Å². The summed E-state index contributed by atoms with van der Waals surface area (Å²) in [5.41, 5.74) is -0.0599. The van der Waals surface area contributed by atoms with E-state index in [1.54, 1.807) is 6.07 Å². The molecule has 2 heterocycles. The van der Waals surface area contributed by atoms with E-state index in [-0.39, 0.29) is 17.3 Å². The number of ether oxygens (including phenoxy) is 1. The normalized spacial score (nSPS) is 26.0. The lowest BCUT2D eigenvalue weighted by Gasteiger charge is -2.27. The number of carboxylic acid groups (broad SMARTS) is 1. The van der Waals surface area contributed by atoms with Crippen molar-refractivity contribution in [2.45, 2.75) is 31.8 Å². The third kappa shape index (κ3) is 2.68. The second-order valence-electron chi connectivity index (χ2n) is 4.74. The van der Waals surface area contributed by atoms with E-state index < -0.39 is 5.97 Å². The summed E-state index contributed by atoms with van der Waals surface area (Å²) in [6, 6.07) is 3.14. The van der Waals surface area contributed by atoms with E-state index in [1.165, 1.54) is 6.07 Å². The largest absolute Gasteiger partial charge is 0.475 e. The van der Waals surface area contributed by atoms with Gasteiger partial charge in [0.1, 0.15) is 5.76 Å². The van der Waals surface area contributed by atoms with Crippen LogP contribution in [-0.4, -0.2) is 29.8 Å². The lowest BCUT2D eigenvalue weighted by molar-refractivity contribution is 0.0659. The van der Waals surface area contributed by atoms with Crippen LogP contribution < -0.4 is 5.32 Å². The summed E-state index contributed by atoms with van der Waals surface area (Å²) in [5, 5.41) is 12.2. The van der Waals surface area contributed by atoms with Crippen LogP contribution in [0.2, 0.25) is 0 Å². The maximum absolute atomic E-state index is 10.7. The van der Waals surface area contributed by atoms with E-state index >= 15 is 0 Å². The molecule has 1 aliphatic heterocycles.